The summed E-state index contributed by atoms with van der Waals surface area (Å²) in [5.74, 6) is -0.652. The van der Waals surface area contributed by atoms with Crippen LogP contribution in [0.4, 0.5) is 5.69 Å². The average Bonchev–Trinajstić information content (AvgIpc) is 2.99. The van der Waals surface area contributed by atoms with Gasteiger partial charge in [-0.3, -0.25) is 14.6 Å². The number of nitrogen functional groups attached to an aromatic ring is 1. The van der Waals surface area contributed by atoms with E-state index in [4.69, 9.17) is 5.73 Å². The number of aliphatic hydroxyl groups is 1. The Balaban J connectivity index is 1.63. The number of sulfonamides is 1. The van der Waals surface area contributed by atoms with E-state index in [1.807, 2.05) is 52.0 Å². The molecule has 0 saturated heterocycles. The normalized spacial score (nSPS) is 13.1. The highest BCUT2D eigenvalue weighted by Crippen LogP contribution is 2.23. The zero-order valence-electron chi connectivity index (χ0n) is 26.0. The summed E-state index contributed by atoms with van der Waals surface area (Å²) in [4.78, 5) is 30.6. The molecule has 2 aromatic carbocycles. The minimum absolute atomic E-state index is 0.0444. The SMILES string of the molecule is Cc1ccc(C(=O)N[C@@H](Cc2ccccc2C)C(=O)NCCCC[C@@H](CO)N(CC(C)C)S(=O)(=O)c2ccc(N)cc2)cn1. The number of aryl methyl sites for hydroxylation is 2. The molecule has 0 fully saturated rings. The number of carbonyl (C=O) groups is 2. The number of amides is 2. The molecule has 238 valence electrons. The molecule has 0 spiro atoms. The molecule has 0 saturated carbocycles. The molecule has 0 unspecified atom stereocenters. The Hall–Kier alpha value is -3.80. The fraction of sp³-hybridized carbons (Fsp3) is 0.424. The summed E-state index contributed by atoms with van der Waals surface area (Å²) >= 11 is 0. The Kier molecular flexibility index (Phi) is 12.9. The fourth-order valence-electron chi connectivity index (χ4n) is 4.86. The molecule has 0 aliphatic carbocycles. The minimum Gasteiger partial charge on any atom is -0.399 e. The first kappa shape index (κ1) is 34.7. The van der Waals surface area contributed by atoms with Crippen molar-refractivity contribution in [1.82, 2.24) is 19.9 Å². The highest BCUT2D eigenvalue weighted by molar-refractivity contribution is 7.89. The van der Waals surface area contributed by atoms with Crippen LogP contribution in [0.25, 0.3) is 0 Å². The largest absolute Gasteiger partial charge is 0.399 e. The molecule has 0 radical (unpaired) electrons. The Morgan fingerprint density at radius 2 is 1.70 bits per heavy atom. The Bertz CT molecular complexity index is 1480. The molecule has 10 nitrogen and oxygen atoms in total. The summed E-state index contributed by atoms with van der Waals surface area (Å²) in [5.41, 5.74) is 9.34. The number of nitrogens with zero attached hydrogens (tertiary/aromatic N) is 2. The number of rotatable bonds is 16. The van der Waals surface area contributed by atoms with Crippen molar-refractivity contribution in [3.63, 3.8) is 0 Å². The van der Waals surface area contributed by atoms with Gasteiger partial charge in [0.1, 0.15) is 6.04 Å². The van der Waals surface area contributed by atoms with Gasteiger partial charge in [0.2, 0.25) is 15.9 Å². The van der Waals surface area contributed by atoms with Gasteiger partial charge in [-0.2, -0.15) is 4.31 Å². The number of aliphatic hydroxyl groups excluding tert-OH is 1. The molecule has 3 rings (SSSR count). The number of nitrogens with one attached hydrogen (secondary N) is 2. The van der Waals surface area contributed by atoms with E-state index in [1.165, 1.54) is 22.6 Å². The van der Waals surface area contributed by atoms with Crippen LogP contribution in [0.1, 0.15) is 60.3 Å². The molecule has 1 aromatic heterocycles. The van der Waals surface area contributed by atoms with Gasteiger partial charge in [0.25, 0.3) is 5.91 Å². The van der Waals surface area contributed by atoms with Crippen LogP contribution < -0.4 is 16.4 Å². The maximum absolute atomic E-state index is 13.5. The number of hydrogen-bond donors (Lipinski definition) is 4. The molecule has 0 aliphatic rings. The standard InChI is InChI=1S/C33H45N5O5S/c1-23(2)21-38(44(42,43)30-16-14-28(34)15-17-30)29(22-39)11-7-8-18-35-33(41)31(19-26-10-6-5-9-24(26)3)37-32(40)27-13-12-25(4)36-20-27/h5-6,9-10,12-17,20,23,29,31,39H,7-8,11,18-19,21-22,34H2,1-4H3,(H,35,41)(H,37,40)/t29-,31-/m0/s1. The lowest BCUT2D eigenvalue weighted by molar-refractivity contribution is -0.122. The third-order valence-corrected chi connectivity index (χ3v) is 9.33. The second-order valence-electron chi connectivity index (χ2n) is 11.5. The molecular formula is C33H45N5O5S. The number of benzene rings is 2. The van der Waals surface area contributed by atoms with E-state index >= 15 is 0 Å². The molecule has 44 heavy (non-hydrogen) atoms. The first-order valence-electron chi connectivity index (χ1n) is 15.0. The van der Waals surface area contributed by atoms with E-state index < -0.39 is 22.1 Å². The van der Waals surface area contributed by atoms with E-state index in [0.29, 0.717) is 43.5 Å². The van der Waals surface area contributed by atoms with Crippen molar-refractivity contribution in [2.45, 2.75) is 70.4 Å². The second-order valence-corrected chi connectivity index (χ2v) is 13.4. The van der Waals surface area contributed by atoms with E-state index in [0.717, 1.165) is 16.8 Å². The van der Waals surface area contributed by atoms with Crippen LogP contribution in [-0.4, -0.2) is 66.4 Å². The molecule has 2 atom stereocenters. The molecule has 11 heteroatoms. The maximum atomic E-state index is 13.5. The number of anilines is 1. The van der Waals surface area contributed by atoms with Crippen molar-refractivity contribution in [2.75, 3.05) is 25.4 Å². The fourth-order valence-corrected chi connectivity index (χ4v) is 6.67. The van der Waals surface area contributed by atoms with E-state index in [1.54, 1.807) is 24.3 Å². The third kappa shape index (κ3) is 9.87. The highest BCUT2D eigenvalue weighted by Gasteiger charge is 2.31. The third-order valence-electron chi connectivity index (χ3n) is 7.39. The number of carbonyl (C=O) groups excluding carboxylic acids is 2. The average molecular weight is 624 g/mol. The summed E-state index contributed by atoms with van der Waals surface area (Å²) in [7, 11) is -3.86. The van der Waals surface area contributed by atoms with Crippen molar-refractivity contribution in [2.24, 2.45) is 5.92 Å². The summed E-state index contributed by atoms with van der Waals surface area (Å²) in [5, 5.41) is 16.0. The Labute approximate surface area is 261 Å². The van der Waals surface area contributed by atoms with Crippen molar-refractivity contribution < 1.29 is 23.1 Å². The van der Waals surface area contributed by atoms with Gasteiger partial charge in [-0.15, -0.1) is 0 Å². The molecule has 5 N–H and O–H groups in total. The van der Waals surface area contributed by atoms with Crippen molar-refractivity contribution in [3.05, 3.63) is 89.2 Å². The number of pyridine rings is 1. The number of nitrogens with two attached hydrogens (primary N) is 1. The van der Waals surface area contributed by atoms with E-state index in [-0.39, 0.29) is 35.8 Å². The highest BCUT2D eigenvalue weighted by atomic mass is 32.2. The molecule has 1 heterocycles. The zero-order valence-corrected chi connectivity index (χ0v) is 26.8. The molecule has 0 bridgehead atoms. The van der Waals surface area contributed by atoms with Crippen LogP contribution >= 0.6 is 0 Å². The van der Waals surface area contributed by atoms with Crippen molar-refractivity contribution in [3.8, 4) is 0 Å². The summed E-state index contributed by atoms with van der Waals surface area (Å²) < 4.78 is 28.4. The van der Waals surface area contributed by atoms with Crippen molar-refractivity contribution in [1.29, 1.82) is 0 Å². The number of unbranched alkanes of at least 4 members (excludes halogenated alkanes) is 1. The smallest absolute Gasteiger partial charge is 0.253 e. The first-order chi connectivity index (χ1) is 20.9. The Morgan fingerprint density at radius 3 is 2.32 bits per heavy atom. The zero-order chi connectivity index (χ0) is 32.3. The number of aromatic nitrogens is 1. The molecule has 2 amide bonds. The lowest BCUT2D eigenvalue weighted by Gasteiger charge is -2.31. The van der Waals surface area contributed by atoms with Gasteiger partial charge in [-0.05, 0) is 80.1 Å². The summed E-state index contributed by atoms with van der Waals surface area (Å²) in [6.45, 7) is 7.91. The predicted molar refractivity (Wildman–Crippen MR) is 172 cm³/mol. The monoisotopic (exact) mass is 623 g/mol. The van der Waals surface area contributed by atoms with Gasteiger partial charge >= 0.3 is 0 Å². The summed E-state index contributed by atoms with van der Waals surface area (Å²) in [6, 6.07) is 15.8. The van der Waals surface area contributed by atoms with E-state index in [2.05, 4.69) is 15.6 Å². The predicted octanol–water partition coefficient (Wildman–Crippen LogP) is 3.62. The maximum Gasteiger partial charge on any atom is 0.253 e. The molecule has 3 aromatic rings. The van der Waals surface area contributed by atoms with Gasteiger partial charge in [-0.1, -0.05) is 44.5 Å². The first-order valence-corrected chi connectivity index (χ1v) is 16.4. The van der Waals surface area contributed by atoms with Gasteiger partial charge in [-0.25, -0.2) is 8.42 Å². The van der Waals surface area contributed by atoms with Crippen molar-refractivity contribution >= 4 is 27.5 Å². The van der Waals surface area contributed by atoms with Crippen LogP contribution in [0.2, 0.25) is 0 Å². The summed E-state index contributed by atoms with van der Waals surface area (Å²) in [6.07, 6.45) is 3.36. The minimum atomic E-state index is -3.86. The lowest BCUT2D eigenvalue weighted by atomic mass is 10.00. The van der Waals surface area contributed by atoms with Crippen LogP contribution in [-0.2, 0) is 21.2 Å². The van der Waals surface area contributed by atoms with Crippen LogP contribution in [0.5, 0.6) is 0 Å². The molecule has 0 aliphatic heterocycles. The van der Waals surface area contributed by atoms with Crippen LogP contribution in [0.3, 0.4) is 0 Å². The molecular weight excluding hydrogens is 578 g/mol. The van der Waals surface area contributed by atoms with Crippen LogP contribution in [0, 0.1) is 19.8 Å². The quantitative estimate of drug-likeness (QED) is 0.140. The Morgan fingerprint density at radius 1 is 1.00 bits per heavy atom. The van der Waals surface area contributed by atoms with Gasteiger partial charge in [0.15, 0.2) is 0 Å². The van der Waals surface area contributed by atoms with Crippen LogP contribution in [0.15, 0.2) is 71.8 Å². The van der Waals surface area contributed by atoms with E-state index in [9.17, 15) is 23.1 Å². The number of hydrogen-bond acceptors (Lipinski definition) is 7. The lowest BCUT2D eigenvalue weighted by Crippen LogP contribution is -2.48. The topological polar surface area (TPSA) is 155 Å². The van der Waals surface area contributed by atoms with Gasteiger partial charge in [0.05, 0.1) is 17.1 Å². The van der Waals surface area contributed by atoms with Gasteiger partial charge < -0.3 is 21.5 Å². The second kappa shape index (κ2) is 16.3. The van der Waals surface area contributed by atoms with Gasteiger partial charge in [0, 0.05) is 43.1 Å².